The normalized spacial score (nSPS) is 22.0. The average molecular weight is 301 g/mol. The summed E-state index contributed by atoms with van der Waals surface area (Å²) in [4.78, 5) is 12.0. The van der Waals surface area contributed by atoms with Gasteiger partial charge in [0.2, 0.25) is 5.91 Å². The molecule has 116 valence electrons. The summed E-state index contributed by atoms with van der Waals surface area (Å²) in [6.45, 7) is 3.25. The molecule has 0 radical (unpaired) electrons. The number of hydrogen-bond acceptors (Lipinski definition) is 2. The number of halogens is 3. The number of aliphatic hydroxyl groups is 1. The maximum absolute atomic E-state index is 12.5. The molecule has 1 saturated carbocycles. The first kappa shape index (κ1) is 15.8. The highest BCUT2D eigenvalue weighted by Crippen LogP contribution is 2.48. The van der Waals surface area contributed by atoms with Crippen LogP contribution in [0.15, 0.2) is 24.3 Å². The van der Waals surface area contributed by atoms with Crippen molar-refractivity contribution in [2.24, 2.45) is 5.92 Å². The minimum atomic E-state index is -4.34. The SMILES string of the molecule is CC(C)(CO)NC(=O)C1CC1c1ccc(C(F)(F)F)cc1. The molecule has 1 aromatic carbocycles. The van der Waals surface area contributed by atoms with Gasteiger partial charge < -0.3 is 10.4 Å². The molecule has 2 atom stereocenters. The average Bonchev–Trinajstić information content (AvgIpc) is 3.18. The molecule has 21 heavy (non-hydrogen) atoms. The summed E-state index contributed by atoms with van der Waals surface area (Å²) in [7, 11) is 0. The Labute approximate surface area is 121 Å². The summed E-state index contributed by atoms with van der Waals surface area (Å²) in [6, 6.07) is 4.94. The van der Waals surface area contributed by atoms with Crippen LogP contribution in [0.3, 0.4) is 0 Å². The van der Waals surface area contributed by atoms with E-state index < -0.39 is 17.3 Å². The molecular weight excluding hydrogens is 283 g/mol. The minimum Gasteiger partial charge on any atom is -0.394 e. The van der Waals surface area contributed by atoms with E-state index in [1.807, 2.05) is 0 Å². The third-order valence-corrected chi connectivity index (χ3v) is 3.65. The van der Waals surface area contributed by atoms with E-state index in [9.17, 15) is 18.0 Å². The molecular formula is C15H18F3NO2. The van der Waals surface area contributed by atoms with Gasteiger partial charge in [0, 0.05) is 5.92 Å². The molecule has 0 aromatic heterocycles. The van der Waals surface area contributed by atoms with Crippen LogP contribution in [0.25, 0.3) is 0 Å². The Balaban J connectivity index is 1.99. The Kier molecular flexibility index (Phi) is 4.02. The molecule has 0 spiro atoms. The van der Waals surface area contributed by atoms with Gasteiger partial charge in [-0.2, -0.15) is 13.2 Å². The first-order valence-electron chi connectivity index (χ1n) is 6.74. The third-order valence-electron chi connectivity index (χ3n) is 3.65. The summed E-state index contributed by atoms with van der Waals surface area (Å²) < 4.78 is 37.4. The first-order chi connectivity index (χ1) is 9.64. The zero-order chi connectivity index (χ0) is 15.8. The van der Waals surface area contributed by atoms with Crippen molar-refractivity contribution >= 4 is 5.91 Å². The fourth-order valence-electron chi connectivity index (χ4n) is 2.24. The fourth-order valence-corrected chi connectivity index (χ4v) is 2.24. The van der Waals surface area contributed by atoms with Crippen molar-refractivity contribution in [3.8, 4) is 0 Å². The quantitative estimate of drug-likeness (QED) is 0.898. The maximum Gasteiger partial charge on any atom is 0.416 e. The van der Waals surface area contributed by atoms with Crippen LogP contribution < -0.4 is 5.32 Å². The van der Waals surface area contributed by atoms with Gasteiger partial charge in [-0.15, -0.1) is 0 Å². The molecule has 0 bridgehead atoms. The maximum atomic E-state index is 12.5. The molecule has 0 aliphatic heterocycles. The summed E-state index contributed by atoms with van der Waals surface area (Å²) in [6.07, 6.45) is -3.72. The Hall–Kier alpha value is -1.56. The van der Waals surface area contributed by atoms with E-state index in [-0.39, 0.29) is 24.3 Å². The van der Waals surface area contributed by atoms with Crippen molar-refractivity contribution in [3.63, 3.8) is 0 Å². The van der Waals surface area contributed by atoms with Gasteiger partial charge in [-0.1, -0.05) is 12.1 Å². The molecule has 2 unspecified atom stereocenters. The van der Waals surface area contributed by atoms with Crippen molar-refractivity contribution in [1.82, 2.24) is 5.32 Å². The largest absolute Gasteiger partial charge is 0.416 e. The lowest BCUT2D eigenvalue weighted by molar-refractivity contribution is -0.137. The van der Waals surface area contributed by atoms with Gasteiger partial charge in [-0.3, -0.25) is 4.79 Å². The van der Waals surface area contributed by atoms with Gasteiger partial charge in [0.05, 0.1) is 17.7 Å². The van der Waals surface area contributed by atoms with E-state index in [2.05, 4.69) is 5.32 Å². The Morgan fingerprint density at radius 2 is 1.86 bits per heavy atom. The number of hydrogen-bond donors (Lipinski definition) is 2. The van der Waals surface area contributed by atoms with Crippen molar-refractivity contribution in [2.45, 2.75) is 37.9 Å². The molecule has 1 aliphatic rings. The second-order valence-corrected chi connectivity index (χ2v) is 6.10. The second kappa shape index (κ2) is 5.33. The van der Waals surface area contributed by atoms with E-state index in [1.54, 1.807) is 13.8 Å². The van der Waals surface area contributed by atoms with E-state index in [0.29, 0.717) is 6.42 Å². The van der Waals surface area contributed by atoms with Crippen molar-refractivity contribution < 1.29 is 23.1 Å². The molecule has 6 heteroatoms. The molecule has 1 amide bonds. The number of benzene rings is 1. The second-order valence-electron chi connectivity index (χ2n) is 6.10. The van der Waals surface area contributed by atoms with Crippen LogP contribution in [0.5, 0.6) is 0 Å². The standard InChI is InChI=1S/C15H18F3NO2/c1-14(2,8-20)19-13(21)12-7-11(12)9-3-5-10(6-4-9)15(16,17)18/h3-6,11-12,20H,7-8H2,1-2H3,(H,19,21). The van der Waals surface area contributed by atoms with E-state index >= 15 is 0 Å². The molecule has 0 saturated heterocycles. The number of rotatable bonds is 4. The summed E-state index contributed by atoms with van der Waals surface area (Å²) in [5.74, 6) is -0.437. The number of nitrogens with one attached hydrogen (secondary N) is 1. The van der Waals surface area contributed by atoms with Crippen LogP contribution in [0, 0.1) is 5.92 Å². The monoisotopic (exact) mass is 301 g/mol. The molecule has 2 rings (SSSR count). The Bertz CT molecular complexity index is 523. The first-order valence-corrected chi connectivity index (χ1v) is 6.74. The van der Waals surface area contributed by atoms with Gasteiger partial charge in [-0.25, -0.2) is 0 Å². The predicted molar refractivity (Wildman–Crippen MR) is 71.6 cm³/mol. The lowest BCUT2D eigenvalue weighted by atomic mass is 10.0. The Morgan fingerprint density at radius 1 is 1.29 bits per heavy atom. The Morgan fingerprint density at radius 3 is 2.33 bits per heavy atom. The van der Waals surface area contributed by atoms with Crippen LogP contribution in [0.1, 0.15) is 37.3 Å². The van der Waals surface area contributed by atoms with Gasteiger partial charge in [-0.05, 0) is 43.9 Å². The highest BCUT2D eigenvalue weighted by molar-refractivity contribution is 5.83. The molecule has 2 N–H and O–H groups in total. The zero-order valence-corrected chi connectivity index (χ0v) is 11.9. The molecule has 1 aliphatic carbocycles. The highest BCUT2D eigenvalue weighted by Gasteiger charge is 2.45. The number of carbonyl (C=O) groups is 1. The van der Waals surface area contributed by atoms with E-state index in [0.717, 1.165) is 17.7 Å². The summed E-state index contributed by atoms with van der Waals surface area (Å²) >= 11 is 0. The lowest BCUT2D eigenvalue weighted by Crippen LogP contribution is -2.47. The van der Waals surface area contributed by atoms with Crippen LogP contribution in [-0.2, 0) is 11.0 Å². The number of carbonyl (C=O) groups excluding carboxylic acids is 1. The predicted octanol–water partition coefficient (Wildman–Crippen LogP) is 2.70. The van der Waals surface area contributed by atoms with Gasteiger partial charge in [0.25, 0.3) is 0 Å². The van der Waals surface area contributed by atoms with Crippen LogP contribution in [0.2, 0.25) is 0 Å². The van der Waals surface area contributed by atoms with E-state index in [1.165, 1.54) is 12.1 Å². The van der Waals surface area contributed by atoms with Gasteiger partial charge >= 0.3 is 6.18 Å². The highest BCUT2D eigenvalue weighted by atomic mass is 19.4. The molecule has 3 nitrogen and oxygen atoms in total. The summed E-state index contributed by atoms with van der Waals surface area (Å²) in [5.41, 5.74) is -0.635. The smallest absolute Gasteiger partial charge is 0.394 e. The zero-order valence-electron chi connectivity index (χ0n) is 11.9. The third kappa shape index (κ3) is 3.75. The van der Waals surface area contributed by atoms with Crippen LogP contribution in [0.4, 0.5) is 13.2 Å². The number of alkyl halides is 3. The van der Waals surface area contributed by atoms with Crippen molar-refractivity contribution in [1.29, 1.82) is 0 Å². The molecule has 1 aromatic rings. The van der Waals surface area contributed by atoms with Crippen LogP contribution >= 0.6 is 0 Å². The van der Waals surface area contributed by atoms with Crippen molar-refractivity contribution in [3.05, 3.63) is 35.4 Å². The molecule has 0 heterocycles. The van der Waals surface area contributed by atoms with Gasteiger partial charge in [0.1, 0.15) is 0 Å². The molecule has 1 fully saturated rings. The summed E-state index contributed by atoms with van der Waals surface area (Å²) in [5, 5.41) is 11.8. The van der Waals surface area contributed by atoms with E-state index in [4.69, 9.17) is 5.11 Å². The topological polar surface area (TPSA) is 49.3 Å². The minimum absolute atomic E-state index is 0.0400. The lowest BCUT2D eigenvalue weighted by Gasteiger charge is -2.23. The van der Waals surface area contributed by atoms with Crippen LogP contribution in [-0.4, -0.2) is 23.2 Å². The number of aliphatic hydroxyl groups excluding tert-OH is 1. The fraction of sp³-hybridized carbons (Fsp3) is 0.533. The van der Waals surface area contributed by atoms with Crippen molar-refractivity contribution in [2.75, 3.05) is 6.61 Å². The van der Waals surface area contributed by atoms with Gasteiger partial charge in [0.15, 0.2) is 0 Å². The number of amides is 1.